The number of likely N-dealkylation sites (tertiary alicyclic amines) is 1. The monoisotopic (exact) mass is 325 g/mol. The molecule has 2 aromatic heterocycles. The average molecular weight is 325 g/mol. The number of carbonyl (C=O) groups excluding carboxylic acids is 1. The molecule has 0 aromatic carbocycles. The number of hydrogen-bond donors (Lipinski definition) is 1. The first-order valence-electron chi connectivity index (χ1n) is 8.05. The molecule has 1 amide bonds. The number of carboxylic acid groups (broad SMARTS) is 1. The summed E-state index contributed by atoms with van der Waals surface area (Å²) in [6.07, 6.45) is 3.84. The van der Waals surface area contributed by atoms with Gasteiger partial charge in [-0.05, 0) is 37.1 Å². The van der Waals surface area contributed by atoms with Gasteiger partial charge in [-0.2, -0.15) is 0 Å². The van der Waals surface area contributed by atoms with E-state index in [2.05, 4.69) is 9.97 Å². The van der Waals surface area contributed by atoms with Gasteiger partial charge in [0.05, 0.1) is 18.2 Å². The predicted molar refractivity (Wildman–Crippen MR) is 87.4 cm³/mol. The Morgan fingerprint density at radius 1 is 1.21 bits per heavy atom. The molecular formula is C18H19N3O3. The lowest BCUT2D eigenvalue weighted by atomic mass is 10.1. The summed E-state index contributed by atoms with van der Waals surface area (Å²) in [6.45, 7) is 0.682. The van der Waals surface area contributed by atoms with Crippen LogP contribution in [0.1, 0.15) is 47.2 Å². The third kappa shape index (κ3) is 3.59. The standard InChI is InChI=1S/C18H19N3O3/c22-17(23)10-9-13-5-3-7-14(20-13)16-8-4-12-21(16)18(24)15-6-1-2-11-19-15/h1-3,5-7,11,16H,4,8-10,12H2,(H,22,23)/t16-/m1/s1. The van der Waals surface area contributed by atoms with E-state index in [9.17, 15) is 9.59 Å². The number of aliphatic carboxylic acids is 1. The van der Waals surface area contributed by atoms with Crippen molar-refractivity contribution < 1.29 is 14.7 Å². The Kier molecular flexibility index (Phi) is 4.84. The van der Waals surface area contributed by atoms with Gasteiger partial charge in [0.15, 0.2) is 0 Å². The van der Waals surface area contributed by atoms with Crippen LogP contribution in [0.5, 0.6) is 0 Å². The van der Waals surface area contributed by atoms with Gasteiger partial charge in [-0.15, -0.1) is 0 Å². The van der Waals surface area contributed by atoms with Crippen molar-refractivity contribution in [1.29, 1.82) is 0 Å². The number of aromatic nitrogens is 2. The minimum Gasteiger partial charge on any atom is -0.481 e. The van der Waals surface area contributed by atoms with Gasteiger partial charge in [0.1, 0.15) is 5.69 Å². The average Bonchev–Trinajstić information content (AvgIpc) is 3.10. The number of pyridine rings is 2. The molecule has 1 fully saturated rings. The van der Waals surface area contributed by atoms with Crippen molar-refractivity contribution in [3.8, 4) is 0 Å². The molecule has 1 aliphatic heterocycles. The van der Waals surface area contributed by atoms with Gasteiger partial charge in [0.2, 0.25) is 0 Å². The Labute approximate surface area is 140 Å². The maximum absolute atomic E-state index is 12.7. The second-order valence-corrected chi connectivity index (χ2v) is 5.82. The quantitative estimate of drug-likeness (QED) is 0.913. The molecule has 2 aromatic rings. The van der Waals surface area contributed by atoms with E-state index < -0.39 is 5.97 Å². The SMILES string of the molecule is O=C(O)CCc1cccc([C@H]2CCCN2C(=O)c2ccccn2)n1. The molecule has 6 heteroatoms. The normalized spacial score (nSPS) is 17.0. The summed E-state index contributed by atoms with van der Waals surface area (Å²) in [5, 5.41) is 8.81. The molecule has 124 valence electrons. The summed E-state index contributed by atoms with van der Waals surface area (Å²) in [5.41, 5.74) is 2.00. The Balaban J connectivity index is 1.79. The van der Waals surface area contributed by atoms with Crippen molar-refractivity contribution >= 4 is 11.9 Å². The molecule has 0 aliphatic carbocycles. The zero-order chi connectivity index (χ0) is 16.9. The third-order valence-electron chi connectivity index (χ3n) is 4.16. The topological polar surface area (TPSA) is 83.4 Å². The molecule has 0 saturated carbocycles. The molecule has 6 nitrogen and oxygen atoms in total. The van der Waals surface area contributed by atoms with Gasteiger partial charge in [-0.25, -0.2) is 0 Å². The Bertz CT molecular complexity index is 733. The summed E-state index contributed by atoms with van der Waals surface area (Å²) >= 11 is 0. The predicted octanol–water partition coefficient (Wildman–Crippen LogP) is 2.47. The molecule has 1 N–H and O–H groups in total. The van der Waals surface area contributed by atoms with Crippen LogP contribution in [-0.4, -0.2) is 38.4 Å². The van der Waals surface area contributed by atoms with E-state index in [1.54, 1.807) is 24.4 Å². The van der Waals surface area contributed by atoms with E-state index in [1.165, 1.54) is 0 Å². The van der Waals surface area contributed by atoms with Gasteiger partial charge in [-0.3, -0.25) is 19.6 Å². The summed E-state index contributed by atoms with van der Waals surface area (Å²) in [7, 11) is 0. The summed E-state index contributed by atoms with van der Waals surface area (Å²) < 4.78 is 0. The number of nitrogens with zero attached hydrogens (tertiary/aromatic N) is 3. The fourth-order valence-electron chi connectivity index (χ4n) is 3.01. The van der Waals surface area contributed by atoms with Crippen LogP contribution >= 0.6 is 0 Å². The van der Waals surface area contributed by atoms with Crippen molar-refractivity contribution in [3.63, 3.8) is 0 Å². The molecule has 1 saturated heterocycles. The zero-order valence-electron chi connectivity index (χ0n) is 13.3. The van der Waals surface area contributed by atoms with Gasteiger partial charge in [-0.1, -0.05) is 12.1 Å². The minimum absolute atomic E-state index is 0.0533. The van der Waals surface area contributed by atoms with Crippen LogP contribution in [-0.2, 0) is 11.2 Å². The number of amides is 1. The molecule has 24 heavy (non-hydrogen) atoms. The maximum atomic E-state index is 12.7. The van der Waals surface area contributed by atoms with E-state index >= 15 is 0 Å². The second-order valence-electron chi connectivity index (χ2n) is 5.82. The van der Waals surface area contributed by atoms with Crippen LogP contribution in [0.4, 0.5) is 0 Å². The first-order valence-corrected chi connectivity index (χ1v) is 8.05. The Morgan fingerprint density at radius 3 is 2.83 bits per heavy atom. The van der Waals surface area contributed by atoms with Gasteiger partial charge in [0.25, 0.3) is 5.91 Å². The lowest BCUT2D eigenvalue weighted by Crippen LogP contribution is -2.31. The van der Waals surface area contributed by atoms with Crippen LogP contribution in [0.25, 0.3) is 0 Å². The summed E-state index contributed by atoms with van der Waals surface area (Å²) in [6, 6.07) is 10.8. The maximum Gasteiger partial charge on any atom is 0.303 e. The third-order valence-corrected chi connectivity index (χ3v) is 4.16. The first-order chi connectivity index (χ1) is 11.6. The first kappa shape index (κ1) is 16.1. The smallest absolute Gasteiger partial charge is 0.303 e. The van der Waals surface area contributed by atoms with Crippen molar-refractivity contribution in [3.05, 3.63) is 59.7 Å². The van der Waals surface area contributed by atoms with Crippen LogP contribution in [0.15, 0.2) is 42.6 Å². The molecule has 0 unspecified atom stereocenters. The Hall–Kier alpha value is -2.76. The largest absolute Gasteiger partial charge is 0.481 e. The number of hydrogen-bond acceptors (Lipinski definition) is 4. The van der Waals surface area contributed by atoms with Gasteiger partial charge in [0, 0.05) is 24.9 Å². The number of aryl methyl sites for hydroxylation is 1. The number of carbonyl (C=O) groups is 2. The highest BCUT2D eigenvalue weighted by atomic mass is 16.4. The molecule has 1 aliphatic rings. The van der Waals surface area contributed by atoms with Gasteiger partial charge < -0.3 is 10.0 Å². The van der Waals surface area contributed by atoms with E-state index in [-0.39, 0.29) is 18.4 Å². The van der Waals surface area contributed by atoms with E-state index in [0.717, 1.165) is 24.2 Å². The highest BCUT2D eigenvalue weighted by Crippen LogP contribution is 2.32. The molecule has 0 spiro atoms. The van der Waals surface area contributed by atoms with Crippen LogP contribution in [0.2, 0.25) is 0 Å². The van der Waals surface area contributed by atoms with Crippen molar-refractivity contribution in [1.82, 2.24) is 14.9 Å². The van der Waals surface area contributed by atoms with E-state index in [0.29, 0.717) is 18.7 Å². The van der Waals surface area contributed by atoms with E-state index in [1.807, 2.05) is 23.1 Å². The van der Waals surface area contributed by atoms with Gasteiger partial charge >= 0.3 is 5.97 Å². The molecular weight excluding hydrogens is 306 g/mol. The highest BCUT2D eigenvalue weighted by Gasteiger charge is 2.32. The van der Waals surface area contributed by atoms with Crippen LogP contribution in [0, 0.1) is 0 Å². The molecule has 0 radical (unpaired) electrons. The number of rotatable bonds is 5. The fourth-order valence-corrected chi connectivity index (χ4v) is 3.01. The Morgan fingerprint density at radius 2 is 2.08 bits per heavy atom. The molecule has 3 heterocycles. The van der Waals surface area contributed by atoms with Crippen molar-refractivity contribution in [2.24, 2.45) is 0 Å². The minimum atomic E-state index is -0.838. The molecule has 1 atom stereocenters. The van der Waals surface area contributed by atoms with Crippen LogP contribution < -0.4 is 0 Å². The van der Waals surface area contributed by atoms with Crippen molar-refractivity contribution in [2.75, 3.05) is 6.54 Å². The summed E-state index contributed by atoms with van der Waals surface area (Å²) in [5.74, 6) is -0.925. The number of carboxylic acids is 1. The second kappa shape index (κ2) is 7.21. The lowest BCUT2D eigenvalue weighted by molar-refractivity contribution is -0.136. The lowest BCUT2D eigenvalue weighted by Gasteiger charge is -2.24. The molecule has 3 rings (SSSR count). The van der Waals surface area contributed by atoms with E-state index in [4.69, 9.17) is 5.11 Å². The summed E-state index contributed by atoms with van der Waals surface area (Å²) in [4.78, 5) is 33.9. The van der Waals surface area contributed by atoms with Crippen LogP contribution in [0.3, 0.4) is 0 Å². The highest BCUT2D eigenvalue weighted by molar-refractivity contribution is 5.92. The fraction of sp³-hybridized carbons (Fsp3) is 0.333. The molecule has 0 bridgehead atoms. The van der Waals surface area contributed by atoms with Crippen molar-refractivity contribution in [2.45, 2.75) is 31.7 Å². The zero-order valence-corrected chi connectivity index (χ0v) is 13.3.